The molecule has 1 aromatic rings. The number of hydrogen-bond acceptors (Lipinski definition) is 3. The summed E-state index contributed by atoms with van der Waals surface area (Å²) >= 11 is 0. The molecule has 16 heavy (non-hydrogen) atoms. The van der Waals surface area contributed by atoms with Crippen LogP contribution in [0.3, 0.4) is 0 Å². The molecule has 0 bridgehead atoms. The third-order valence-electron chi connectivity index (χ3n) is 2.73. The van der Waals surface area contributed by atoms with Gasteiger partial charge in [0.2, 0.25) is 5.91 Å². The van der Waals surface area contributed by atoms with Crippen LogP contribution in [0.15, 0.2) is 12.5 Å². The zero-order valence-corrected chi connectivity index (χ0v) is 10.1. The summed E-state index contributed by atoms with van der Waals surface area (Å²) in [5, 5.41) is 3.21. The van der Waals surface area contributed by atoms with Crippen molar-refractivity contribution >= 4 is 5.91 Å². The molecule has 2 unspecified atom stereocenters. The molecule has 0 fully saturated rings. The Hall–Kier alpha value is -1.36. The van der Waals surface area contributed by atoms with Gasteiger partial charge in [-0.15, -0.1) is 0 Å². The van der Waals surface area contributed by atoms with Crippen molar-refractivity contribution in [1.82, 2.24) is 14.9 Å². The molecule has 1 rings (SSSR count). The van der Waals surface area contributed by atoms with Crippen molar-refractivity contribution in [2.24, 2.45) is 5.73 Å². The second-order valence-corrected chi connectivity index (χ2v) is 3.92. The minimum Gasteiger partial charge on any atom is -0.368 e. The van der Waals surface area contributed by atoms with Crippen molar-refractivity contribution in [3.05, 3.63) is 18.2 Å². The molecule has 0 aromatic carbocycles. The Morgan fingerprint density at radius 3 is 2.81 bits per heavy atom. The van der Waals surface area contributed by atoms with Gasteiger partial charge in [-0.05, 0) is 20.3 Å². The summed E-state index contributed by atoms with van der Waals surface area (Å²) in [6.45, 7) is 6.88. The second-order valence-electron chi connectivity index (χ2n) is 3.92. The fourth-order valence-electron chi connectivity index (χ4n) is 1.55. The number of carbonyl (C=O) groups excluding carboxylic acids is 1. The monoisotopic (exact) mass is 224 g/mol. The summed E-state index contributed by atoms with van der Waals surface area (Å²) in [6.07, 6.45) is 4.35. The first kappa shape index (κ1) is 12.7. The first-order valence-corrected chi connectivity index (χ1v) is 5.65. The zero-order chi connectivity index (χ0) is 12.1. The van der Waals surface area contributed by atoms with E-state index in [-0.39, 0.29) is 11.9 Å². The molecule has 5 nitrogen and oxygen atoms in total. The zero-order valence-electron chi connectivity index (χ0n) is 10.1. The number of carbonyl (C=O) groups is 1. The van der Waals surface area contributed by atoms with E-state index in [2.05, 4.69) is 17.2 Å². The second kappa shape index (κ2) is 5.65. The van der Waals surface area contributed by atoms with Crippen LogP contribution in [0, 0.1) is 0 Å². The van der Waals surface area contributed by atoms with Crippen LogP contribution in [-0.4, -0.2) is 21.5 Å². The topological polar surface area (TPSA) is 72.9 Å². The Bertz CT molecular complexity index is 348. The molecule has 0 saturated carbocycles. The average Bonchev–Trinajstić information content (AvgIpc) is 2.72. The number of imidazole rings is 1. The maximum atomic E-state index is 11.4. The van der Waals surface area contributed by atoms with Gasteiger partial charge < -0.3 is 10.3 Å². The van der Waals surface area contributed by atoms with E-state index in [1.807, 2.05) is 18.4 Å². The molecular formula is C11H20N4O. The van der Waals surface area contributed by atoms with Gasteiger partial charge in [-0.3, -0.25) is 10.1 Å². The van der Waals surface area contributed by atoms with E-state index >= 15 is 0 Å². The van der Waals surface area contributed by atoms with E-state index in [4.69, 9.17) is 5.73 Å². The fourth-order valence-corrected chi connectivity index (χ4v) is 1.55. The van der Waals surface area contributed by atoms with Gasteiger partial charge in [0, 0.05) is 12.6 Å². The van der Waals surface area contributed by atoms with Gasteiger partial charge >= 0.3 is 0 Å². The van der Waals surface area contributed by atoms with Crippen molar-refractivity contribution in [3.63, 3.8) is 0 Å². The van der Waals surface area contributed by atoms with Crippen LogP contribution in [0.2, 0.25) is 0 Å². The van der Waals surface area contributed by atoms with Crippen LogP contribution < -0.4 is 11.1 Å². The van der Waals surface area contributed by atoms with E-state index in [1.165, 1.54) is 0 Å². The van der Waals surface area contributed by atoms with E-state index in [0.29, 0.717) is 0 Å². The first-order valence-electron chi connectivity index (χ1n) is 5.65. The molecule has 5 heteroatoms. The molecule has 3 N–H and O–H groups in total. The summed E-state index contributed by atoms with van der Waals surface area (Å²) in [5.74, 6) is -0.365. The average molecular weight is 224 g/mol. The quantitative estimate of drug-likeness (QED) is 0.751. The molecule has 2 atom stereocenters. The number of hydrogen-bond donors (Lipinski definition) is 2. The summed E-state index contributed by atoms with van der Waals surface area (Å²) < 4.78 is 1.92. The van der Waals surface area contributed by atoms with Crippen molar-refractivity contribution in [3.8, 4) is 0 Å². The highest BCUT2D eigenvalue weighted by Gasteiger charge is 2.22. The smallest absolute Gasteiger partial charge is 0.240 e. The molecule has 0 saturated heterocycles. The predicted molar refractivity (Wildman–Crippen MR) is 62.7 cm³/mol. The van der Waals surface area contributed by atoms with Crippen LogP contribution in [0.4, 0.5) is 0 Å². The Morgan fingerprint density at radius 2 is 2.31 bits per heavy atom. The number of aromatic nitrogens is 2. The lowest BCUT2D eigenvalue weighted by molar-refractivity contribution is -0.120. The molecular weight excluding hydrogens is 204 g/mol. The summed E-state index contributed by atoms with van der Waals surface area (Å²) in [4.78, 5) is 15.5. The Morgan fingerprint density at radius 1 is 1.62 bits per heavy atom. The number of aryl methyl sites for hydroxylation is 1. The third-order valence-corrected chi connectivity index (χ3v) is 2.73. The molecule has 0 radical (unpaired) electrons. The molecule has 1 aromatic heterocycles. The van der Waals surface area contributed by atoms with Crippen molar-refractivity contribution in [2.75, 3.05) is 0 Å². The van der Waals surface area contributed by atoms with Crippen LogP contribution in [0.25, 0.3) is 0 Å². The van der Waals surface area contributed by atoms with Gasteiger partial charge in [0.25, 0.3) is 0 Å². The standard InChI is InChI=1S/C11H20N4O/c1-4-8(3)14-10(11(12)16)9-6-13-7-15(9)5-2/h6-8,10,14H,4-5H2,1-3H3,(H2,12,16). The fraction of sp³-hybridized carbons (Fsp3) is 0.636. The van der Waals surface area contributed by atoms with E-state index in [9.17, 15) is 4.79 Å². The van der Waals surface area contributed by atoms with Crippen molar-refractivity contribution in [2.45, 2.75) is 45.8 Å². The molecule has 0 spiro atoms. The van der Waals surface area contributed by atoms with Gasteiger partial charge in [-0.25, -0.2) is 4.98 Å². The van der Waals surface area contributed by atoms with Gasteiger partial charge in [0.15, 0.2) is 0 Å². The van der Waals surface area contributed by atoms with Crippen LogP contribution in [-0.2, 0) is 11.3 Å². The summed E-state index contributed by atoms with van der Waals surface area (Å²) in [6, 6.07) is -0.213. The lowest BCUT2D eigenvalue weighted by atomic mass is 10.1. The maximum Gasteiger partial charge on any atom is 0.240 e. The summed E-state index contributed by atoms with van der Waals surface area (Å²) in [5.41, 5.74) is 6.24. The minimum atomic E-state index is -0.461. The van der Waals surface area contributed by atoms with Gasteiger partial charge in [0.05, 0.1) is 18.2 Å². The number of amides is 1. The highest BCUT2D eigenvalue weighted by molar-refractivity contribution is 5.80. The lowest BCUT2D eigenvalue weighted by Gasteiger charge is -2.20. The Balaban J connectivity index is 2.89. The summed E-state index contributed by atoms with van der Waals surface area (Å²) in [7, 11) is 0. The number of nitrogens with two attached hydrogens (primary N) is 1. The Labute approximate surface area is 96.0 Å². The number of rotatable bonds is 6. The highest BCUT2D eigenvalue weighted by atomic mass is 16.1. The molecule has 1 heterocycles. The number of nitrogens with zero attached hydrogens (tertiary/aromatic N) is 2. The normalized spacial score (nSPS) is 14.7. The number of nitrogens with one attached hydrogen (secondary N) is 1. The third kappa shape index (κ3) is 2.82. The first-order chi connectivity index (χ1) is 7.60. The molecule has 0 aliphatic heterocycles. The molecule has 90 valence electrons. The minimum absolute atomic E-state index is 0.248. The van der Waals surface area contributed by atoms with Gasteiger partial charge in [-0.2, -0.15) is 0 Å². The lowest BCUT2D eigenvalue weighted by Crippen LogP contribution is -2.39. The molecule has 0 aliphatic rings. The van der Waals surface area contributed by atoms with E-state index < -0.39 is 6.04 Å². The molecule has 1 amide bonds. The van der Waals surface area contributed by atoms with E-state index in [0.717, 1.165) is 18.7 Å². The Kier molecular flexibility index (Phi) is 4.49. The van der Waals surface area contributed by atoms with Crippen molar-refractivity contribution < 1.29 is 4.79 Å². The van der Waals surface area contributed by atoms with Gasteiger partial charge in [0.1, 0.15) is 6.04 Å². The highest BCUT2D eigenvalue weighted by Crippen LogP contribution is 2.13. The largest absolute Gasteiger partial charge is 0.368 e. The van der Waals surface area contributed by atoms with Crippen LogP contribution >= 0.6 is 0 Å². The number of primary amides is 1. The molecule has 0 aliphatic carbocycles. The SMILES string of the molecule is CCC(C)NC(C(N)=O)c1cncn1CC. The van der Waals surface area contributed by atoms with Crippen LogP contribution in [0.5, 0.6) is 0 Å². The van der Waals surface area contributed by atoms with E-state index in [1.54, 1.807) is 12.5 Å². The van der Waals surface area contributed by atoms with Crippen molar-refractivity contribution in [1.29, 1.82) is 0 Å². The maximum absolute atomic E-state index is 11.4. The predicted octanol–water partition coefficient (Wildman–Crippen LogP) is 0.817. The van der Waals surface area contributed by atoms with Crippen LogP contribution in [0.1, 0.15) is 38.9 Å². The van der Waals surface area contributed by atoms with Gasteiger partial charge in [-0.1, -0.05) is 6.92 Å².